The smallest absolute Gasteiger partial charge is 0.224 e. The molecule has 18 heavy (non-hydrogen) atoms. The second-order valence-corrected chi connectivity index (χ2v) is 5.41. The fourth-order valence-corrected chi connectivity index (χ4v) is 2.68. The summed E-state index contributed by atoms with van der Waals surface area (Å²) in [6, 6.07) is 0.452. The Morgan fingerprint density at radius 1 is 1.44 bits per heavy atom. The third-order valence-corrected chi connectivity index (χ3v) is 3.48. The molecule has 1 fully saturated rings. The van der Waals surface area contributed by atoms with E-state index < -0.39 is 0 Å². The van der Waals surface area contributed by atoms with Crippen molar-refractivity contribution in [3.8, 4) is 0 Å². The summed E-state index contributed by atoms with van der Waals surface area (Å²) < 4.78 is 0. The van der Waals surface area contributed by atoms with Gasteiger partial charge in [0.15, 0.2) is 5.82 Å². The minimum Gasteiger partial charge on any atom is -0.394 e. The summed E-state index contributed by atoms with van der Waals surface area (Å²) in [5.74, 6) is 0.789. The van der Waals surface area contributed by atoms with Crippen LogP contribution in [0.15, 0.2) is 0 Å². The summed E-state index contributed by atoms with van der Waals surface area (Å²) in [5, 5.41) is 0.271. The standard InChI is InChI=1S/C12H20ClN5/c1-8-10(14)11(16-12(13)15-8)18-6-4-5-9(18)7-17(2)3/h9H,4-7,14H2,1-3H3. The summed E-state index contributed by atoms with van der Waals surface area (Å²) in [6.45, 7) is 3.85. The van der Waals surface area contributed by atoms with Crippen LogP contribution in [0.3, 0.4) is 0 Å². The topological polar surface area (TPSA) is 58.3 Å². The molecule has 2 heterocycles. The first-order chi connectivity index (χ1) is 8.49. The predicted molar refractivity (Wildman–Crippen MR) is 75.1 cm³/mol. The van der Waals surface area contributed by atoms with E-state index in [0.29, 0.717) is 11.7 Å². The van der Waals surface area contributed by atoms with Gasteiger partial charge in [-0.05, 0) is 45.5 Å². The number of hydrogen-bond acceptors (Lipinski definition) is 5. The second kappa shape index (κ2) is 5.28. The molecule has 0 amide bonds. The summed E-state index contributed by atoms with van der Waals surface area (Å²) in [4.78, 5) is 12.8. The third kappa shape index (κ3) is 2.67. The molecule has 0 saturated carbocycles. The number of nitrogens with zero attached hydrogens (tertiary/aromatic N) is 4. The maximum Gasteiger partial charge on any atom is 0.224 e. The maximum absolute atomic E-state index is 6.09. The molecule has 1 aliphatic rings. The molecule has 5 nitrogen and oxygen atoms in total. The average Bonchev–Trinajstić information content (AvgIpc) is 2.70. The van der Waals surface area contributed by atoms with Gasteiger partial charge in [-0.1, -0.05) is 0 Å². The van der Waals surface area contributed by atoms with E-state index in [1.807, 2.05) is 6.92 Å². The molecule has 0 aliphatic carbocycles. The number of aromatic nitrogens is 2. The van der Waals surface area contributed by atoms with Crippen molar-refractivity contribution in [2.45, 2.75) is 25.8 Å². The number of nitrogens with two attached hydrogens (primary N) is 1. The van der Waals surface area contributed by atoms with Crippen molar-refractivity contribution in [1.82, 2.24) is 14.9 Å². The summed E-state index contributed by atoms with van der Waals surface area (Å²) in [6.07, 6.45) is 2.33. The Kier molecular flexibility index (Phi) is 3.92. The van der Waals surface area contributed by atoms with Crippen LogP contribution in [-0.4, -0.2) is 48.1 Å². The summed E-state index contributed by atoms with van der Waals surface area (Å²) in [5.41, 5.74) is 7.48. The second-order valence-electron chi connectivity index (χ2n) is 5.07. The van der Waals surface area contributed by atoms with Gasteiger partial charge in [0.2, 0.25) is 5.28 Å². The Balaban J connectivity index is 2.30. The molecular formula is C12H20ClN5. The van der Waals surface area contributed by atoms with Gasteiger partial charge in [0.1, 0.15) is 0 Å². The maximum atomic E-state index is 6.09. The Bertz CT molecular complexity index is 435. The minimum atomic E-state index is 0.271. The molecule has 6 heteroatoms. The molecule has 1 atom stereocenters. The van der Waals surface area contributed by atoms with E-state index in [1.165, 1.54) is 6.42 Å². The first-order valence-corrected chi connectivity index (χ1v) is 6.58. The van der Waals surface area contributed by atoms with Gasteiger partial charge in [-0.2, -0.15) is 4.98 Å². The lowest BCUT2D eigenvalue weighted by atomic mass is 10.2. The Labute approximate surface area is 113 Å². The zero-order chi connectivity index (χ0) is 13.3. The Morgan fingerprint density at radius 2 is 2.17 bits per heavy atom. The van der Waals surface area contributed by atoms with Gasteiger partial charge in [-0.15, -0.1) is 0 Å². The number of aryl methyl sites for hydroxylation is 1. The molecule has 1 aromatic rings. The van der Waals surface area contributed by atoms with Crippen molar-refractivity contribution in [2.75, 3.05) is 37.8 Å². The van der Waals surface area contributed by atoms with Crippen LogP contribution < -0.4 is 10.6 Å². The van der Waals surface area contributed by atoms with Crippen LogP contribution >= 0.6 is 11.6 Å². The number of hydrogen-bond donors (Lipinski definition) is 1. The number of likely N-dealkylation sites (N-methyl/N-ethyl adjacent to an activating group) is 1. The first kappa shape index (κ1) is 13.4. The van der Waals surface area contributed by atoms with E-state index in [2.05, 4.69) is 33.9 Å². The largest absolute Gasteiger partial charge is 0.394 e. The lowest BCUT2D eigenvalue weighted by Gasteiger charge is -2.29. The van der Waals surface area contributed by atoms with Crippen LogP contribution in [0.1, 0.15) is 18.5 Å². The van der Waals surface area contributed by atoms with Crippen LogP contribution in [0.25, 0.3) is 0 Å². The van der Waals surface area contributed by atoms with Crippen molar-refractivity contribution in [1.29, 1.82) is 0 Å². The fraction of sp³-hybridized carbons (Fsp3) is 0.667. The molecule has 1 saturated heterocycles. The average molecular weight is 270 g/mol. The molecule has 2 rings (SSSR count). The molecule has 1 aliphatic heterocycles. The molecule has 100 valence electrons. The van der Waals surface area contributed by atoms with E-state index in [9.17, 15) is 0 Å². The molecular weight excluding hydrogens is 250 g/mol. The van der Waals surface area contributed by atoms with Crippen molar-refractivity contribution >= 4 is 23.1 Å². The highest BCUT2D eigenvalue weighted by atomic mass is 35.5. The summed E-state index contributed by atoms with van der Waals surface area (Å²) >= 11 is 5.94. The van der Waals surface area contributed by atoms with Crippen LogP contribution in [0.4, 0.5) is 11.5 Å². The molecule has 2 N–H and O–H groups in total. The molecule has 0 radical (unpaired) electrons. The normalized spacial score (nSPS) is 19.8. The van der Waals surface area contributed by atoms with E-state index in [1.54, 1.807) is 0 Å². The van der Waals surface area contributed by atoms with Crippen molar-refractivity contribution in [2.24, 2.45) is 0 Å². The lowest BCUT2D eigenvalue weighted by molar-refractivity contribution is 0.371. The zero-order valence-corrected chi connectivity index (χ0v) is 11.9. The molecule has 0 bridgehead atoms. The Hall–Kier alpha value is -1.07. The molecule has 1 aromatic heterocycles. The van der Waals surface area contributed by atoms with Gasteiger partial charge < -0.3 is 15.5 Å². The third-order valence-electron chi connectivity index (χ3n) is 3.31. The van der Waals surface area contributed by atoms with Gasteiger partial charge >= 0.3 is 0 Å². The highest BCUT2D eigenvalue weighted by molar-refractivity contribution is 6.28. The van der Waals surface area contributed by atoms with Crippen LogP contribution in [0.5, 0.6) is 0 Å². The van der Waals surface area contributed by atoms with Gasteiger partial charge in [0, 0.05) is 19.1 Å². The van der Waals surface area contributed by atoms with Crippen LogP contribution in [0.2, 0.25) is 5.28 Å². The van der Waals surface area contributed by atoms with Crippen LogP contribution in [-0.2, 0) is 0 Å². The van der Waals surface area contributed by atoms with E-state index in [-0.39, 0.29) is 5.28 Å². The SMILES string of the molecule is Cc1nc(Cl)nc(N2CCCC2CN(C)C)c1N. The zero-order valence-electron chi connectivity index (χ0n) is 11.1. The van der Waals surface area contributed by atoms with E-state index >= 15 is 0 Å². The van der Waals surface area contributed by atoms with E-state index in [0.717, 1.165) is 31.0 Å². The number of anilines is 2. The Morgan fingerprint density at radius 3 is 2.83 bits per heavy atom. The lowest BCUT2D eigenvalue weighted by Crippen LogP contribution is -2.38. The van der Waals surface area contributed by atoms with Gasteiger partial charge in [0.25, 0.3) is 0 Å². The predicted octanol–water partition coefficient (Wildman–Crippen LogP) is 1.55. The molecule has 0 spiro atoms. The van der Waals surface area contributed by atoms with E-state index in [4.69, 9.17) is 17.3 Å². The highest BCUT2D eigenvalue weighted by Crippen LogP contribution is 2.31. The monoisotopic (exact) mass is 269 g/mol. The highest BCUT2D eigenvalue weighted by Gasteiger charge is 2.28. The number of nitrogen functional groups attached to an aromatic ring is 1. The molecule has 1 unspecified atom stereocenters. The van der Waals surface area contributed by atoms with Crippen LogP contribution in [0, 0.1) is 6.92 Å². The van der Waals surface area contributed by atoms with Crippen molar-refractivity contribution < 1.29 is 0 Å². The number of rotatable bonds is 3. The number of halogens is 1. The molecule has 0 aromatic carbocycles. The quantitative estimate of drug-likeness (QED) is 0.844. The van der Waals surface area contributed by atoms with Crippen molar-refractivity contribution in [3.63, 3.8) is 0 Å². The van der Waals surface area contributed by atoms with Crippen molar-refractivity contribution in [3.05, 3.63) is 11.0 Å². The van der Waals surface area contributed by atoms with Gasteiger partial charge in [0.05, 0.1) is 11.4 Å². The summed E-state index contributed by atoms with van der Waals surface area (Å²) in [7, 11) is 4.16. The van der Waals surface area contributed by atoms with Gasteiger partial charge in [-0.3, -0.25) is 0 Å². The fourth-order valence-electron chi connectivity index (χ4n) is 2.48. The first-order valence-electron chi connectivity index (χ1n) is 6.20. The minimum absolute atomic E-state index is 0.271. The van der Waals surface area contributed by atoms with Gasteiger partial charge in [-0.25, -0.2) is 4.98 Å².